The largest absolute Gasteiger partial charge is 0.352 e. The molecule has 0 radical (unpaired) electrons. The highest BCUT2D eigenvalue weighted by molar-refractivity contribution is 5.78. The summed E-state index contributed by atoms with van der Waals surface area (Å²) in [5, 5.41) is 20.1. The van der Waals surface area contributed by atoms with Crippen LogP contribution in [0.5, 0.6) is 0 Å². The fourth-order valence-electron chi connectivity index (χ4n) is 3.36. The van der Waals surface area contributed by atoms with Crippen molar-refractivity contribution in [3.05, 3.63) is 24.3 Å². The summed E-state index contributed by atoms with van der Waals surface area (Å²) in [6.07, 6.45) is 6.10. The molecule has 0 aromatic carbocycles. The number of hydrogen-bond acceptors (Lipinski definition) is 5. The Kier molecular flexibility index (Phi) is 3.19. The Morgan fingerprint density at radius 3 is 3.26 bits per heavy atom. The summed E-state index contributed by atoms with van der Waals surface area (Å²) in [6.45, 7) is 0. The molecule has 0 unspecified atom stereocenters. The lowest BCUT2D eigenvalue weighted by Gasteiger charge is -2.12. The topological polar surface area (TPSA) is 112 Å². The highest BCUT2D eigenvalue weighted by atomic mass is 16.1. The zero-order valence-corrected chi connectivity index (χ0v) is 12.4. The van der Waals surface area contributed by atoms with Gasteiger partial charge in [0.2, 0.25) is 5.91 Å². The molecule has 0 bridgehead atoms. The molecule has 0 aliphatic heterocycles. The van der Waals surface area contributed by atoms with Crippen LogP contribution in [0.4, 0.5) is 0 Å². The summed E-state index contributed by atoms with van der Waals surface area (Å²) in [4.78, 5) is 19.0. The minimum atomic E-state index is -0.207. The Balaban J connectivity index is 1.62. The Bertz CT molecular complexity index is 919. The van der Waals surface area contributed by atoms with Crippen LogP contribution in [0.15, 0.2) is 18.5 Å². The van der Waals surface area contributed by atoms with Gasteiger partial charge in [-0.2, -0.15) is 5.26 Å². The molecule has 2 atom stereocenters. The predicted molar refractivity (Wildman–Crippen MR) is 81.4 cm³/mol. The summed E-state index contributed by atoms with van der Waals surface area (Å²) >= 11 is 0. The van der Waals surface area contributed by atoms with Gasteiger partial charge < -0.3 is 10.3 Å². The maximum absolute atomic E-state index is 11.6. The minimum absolute atomic E-state index is 0.0926. The molecule has 116 valence electrons. The zero-order valence-electron chi connectivity index (χ0n) is 12.4. The molecule has 3 aromatic heterocycles. The van der Waals surface area contributed by atoms with Crippen molar-refractivity contribution in [1.82, 2.24) is 29.9 Å². The minimum Gasteiger partial charge on any atom is -0.352 e. The summed E-state index contributed by atoms with van der Waals surface area (Å²) in [5.74, 6) is 0.934. The number of H-pyrrole nitrogens is 1. The molecule has 3 aromatic rings. The number of hydrogen-bond donors (Lipinski definition) is 2. The lowest BCUT2D eigenvalue weighted by Crippen LogP contribution is -2.32. The van der Waals surface area contributed by atoms with Gasteiger partial charge in [0, 0.05) is 18.2 Å². The first-order valence-corrected chi connectivity index (χ1v) is 7.59. The molecule has 1 fully saturated rings. The average Bonchev–Trinajstić information content (AvgIpc) is 3.24. The van der Waals surface area contributed by atoms with E-state index in [9.17, 15) is 4.79 Å². The molecule has 1 aliphatic rings. The van der Waals surface area contributed by atoms with E-state index < -0.39 is 0 Å². The third-order valence-electron chi connectivity index (χ3n) is 4.37. The number of nitrogens with zero attached hydrogens (tertiary/aromatic N) is 5. The van der Waals surface area contributed by atoms with Crippen LogP contribution in [0.3, 0.4) is 0 Å². The molecule has 0 saturated heterocycles. The lowest BCUT2D eigenvalue weighted by atomic mass is 10.1. The second-order valence-corrected chi connectivity index (χ2v) is 5.83. The van der Waals surface area contributed by atoms with Crippen LogP contribution in [0, 0.1) is 11.3 Å². The fraction of sp³-hybridized carbons (Fsp3) is 0.400. The van der Waals surface area contributed by atoms with Crippen molar-refractivity contribution in [2.24, 2.45) is 0 Å². The maximum atomic E-state index is 11.6. The Labute approximate surface area is 131 Å². The summed E-state index contributed by atoms with van der Waals surface area (Å²) in [7, 11) is 0. The molecule has 1 aliphatic carbocycles. The lowest BCUT2D eigenvalue weighted by molar-refractivity contribution is -0.120. The van der Waals surface area contributed by atoms with Crippen LogP contribution >= 0.6 is 0 Å². The summed E-state index contributed by atoms with van der Waals surface area (Å²) in [6, 6.07) is 3.93. The van der Waals surface area contributed by atoms with Crippen LogP contribution in [0.1, 0.15) is 37.4 Å². The molecular weight excluding hydrogens is 294 g/mol. The highest BCUT2D eigenvalue weighted by Crippen LogP contribution is 2.34. The number of carbonyl (C=O) groups excluding carboxylic acids is 1. The van der Waals surface area contributed by atoms with E-state index in [1.165, 1.54) is 0 Å². The molecule has 2 N–H and O–H groups in total. The first-order chi connectivity index (χ1) is 11.3. The molecule has 1 amide bonds. The maximum Gasteiger partial charge on any atom is 0.234 e. The average molecular weight is 309 g/mol. The second-order valence-electron chi connectivity index (χ2n) is 5.83. The van der Waals surface area contributed by atoms with Gasteiger partial charge in [0.15, 0.2) is 11.3 Å². The molecule has 4 rings (SSSR count). The highest BCUT2D eigenvalue weighted by Gasteiger charge is 2.30. The van der Waals surface area contributed by atoms with Gasteiger partial charge in [0.25, 0.3) is 0 Å². The number of carbonyl (C=O) groups is 1. The van der Waals surface area contributed by atoms with Gasteiger partial charge in [-0.3, -0.25) is 9.20 Å². The van der Waals surface area contributed by atoms with Crippen LogP contribution in [0.25, 0.3) is 16.8 Å². The summed E-state index contributed by atoms with van der Waals surface area (Å²) < 4.78 is 2.03. The normalized spacial score (nSPS) is 20.8. The smallest absolute Gasteiger partial charge is 0.234 e. The molecular formula is C15H15N7O. The van der Waals surface area contributed by atoms with Gasteiger partial charge in [0.05, 0.1) is 17.8 Å². The third-order valence-corrected chi connectivity index (χ3v) is 4.37. The Hall–Kier alpha value is -2.95. The zero-order chi connectivity index (χ0) is 15.8. The molecule has 0 spiro atoms. The number of nitrogens with one attached hydrogen (secondary N) is 2. The number of fused-ring (bicyclic) bond motifs is 3. The van der Waals surface area contributed by atoms with Crippen LogP contribution in [0.2, 0.25) is 0 Å². The molecule has 23 heavy (non-hydrogen) atoms. The first-order valence-electron chi connectivity index (χ1n) is 7.59. The standard InChI is InChI=1S/C15H15N7O/c16-5-3-13(23)19-10-2-1-9(7-10)15-21-20-12-8-18-14-11(22(12)15)4-6-17-14/h4,6,8-10,17H,1-3,7H2,(H,19,23)/t9-,10-/m0/s1. The van der Waals surface area contributed by atoms with Gasteiger partial charge in [-0.05, 0) is 25.3 Å². The van der Waals surface area contributed by atoms with E-state index in [2.05, 4.69) is 25.5 Å². The van der Waals surface area contributed by atoms with Crippen molar-refractivity contribution in [3.63, 3.8) is 0 Å². The Morgan fingerprint density at radius 1 is 1.48 bits per heavy atom. The van der Waals surface area contributed by atoms with E-state index in [4.69, 9.17) is 5.26 Å². The van der Waals surface area contributed by atoms with E-state index in [1.54, 1.807) is 6.20 Å². The van der Waals surface area contributed by atoms with E-state index >= 15 is 0 Å². The molecule has 3 heterocycles. The number of nitriles is 1. The van der Waals surface area contributed by atoms with Crippen molar-refractivity contribution in [2.45, 2.75) is 37.6 Å². The van der Waals surface area contributed by atoms with E-state index in [0.29, 0.717) is 0 Å². The first kappa shape index (κ1) is 13.7. The van der Waals surface area contributed by atoms with Gasteiger partial charge >= 0.3 is 0 Å². The van der Waals surface area contributed by atoms with E-state index in [-0.39, 0.29) is 24.3 Å². The van der Waals surface area contributed by atoms with Gasteiger partial charge in [0.1, 0.15) is 12.2 Å². The van der Waals surface area contributed by atoms with Crippen molar-refractivity contribution in [3.8, 4) is 6.07 Å². The van der Waals surface area contributed by atoms with Crippen molar-refractivity contribution in [1.29, 1.82) is 5.26 Å². The van der Waals surface area contributed by atoms with E-state index in [0.717, 1.165) is 41.9 Å². The van der Waals surface area contributed by atoms with Crippen molar-refractivity contribution in [2.75, 3.05) is 0 Å². The van der Waals surface area contributed by atoms with Gasteiger partial charge in [-0.25, -0.2) is 4.98 Å². The molecule has 8 nitrogen and oxygen atoms in total. The summed E-state index contributed by atoms with van der Waals surface area (Å²) in [5.41, 5.74) is 2.49. The predicted octanol–water partition coefficient (Wildman–Crippen LogP) is 1.27. The Morgan fingerprint density at radius 2 is 2.39 bits per heavy atom. The number of amides is 1. The monoisotopic (exact) mass is 309 g/mol. The van der Waals surface area contributed by atoms with Crippen molar-refractivity contribution >= 4 is 22.7 Å². The molecule has 1 saturated carbocycles. The molecule has 8 heteroatoms. The van der Waals surface area contributed by atoms with Crippen molar-refractivity contribution < 1.29 is 4.79 Å². The third kappa shape index (κ3) is 2.30. The second kappa shape index (κ2) is 5.35. The SMILES string of the molecule is N#CCC(=O)N[C@H]1CC[C@H](c2nnc3cnc4[nH]ccc4n23)C1. The van der Waals surface area contributed by atoms with Crippen LogP contribution in [-0.2, 0) is 4.79 Å². The number of aromatic amines is 1. The number of aromatic nitrogens is 5. The van der Waals surface area contributed by atoms with E-state index in [1.807, 2.05) is 22.7 Å². The fourth-order valence-corrected chi connectivity index (χ4v) is 3.36. The quantitative estimate of drug-likeness (QED) is 0.756. The van der Waals surface area contributed by atoms with Gasteiger partial charge in [-0.1, -0.05) is 0 Å². The van der Waals surface area contributed by atoms with Gasteiger partial charge in [-0.15, -0.1) is 10.2 Å². The van der Waals surface area contributed by atoms with Crippen LogP contribution in [-0.4, -0.2) is 36.5 Å². The van der Waals surface area contributed by atoms with Crippen LogP contribution < -0.4 is 5.32 Å². The number of rotatable bonds is 3.